The van der Waals surface area contributed by atoms with Crippen molar-refractivity contribution in [1.82, 2.24) is 0 Å². The third-order valence-corrected chi connectivity index (χ3v) is 5.17. The first-order chi connectivity index (χ1) is 9.76. The Morgan fingerprint density at radius 3 is 2.30 bits per heavy atom. The molecule has 2 unspecified atom stereocenters. The Morgan fingerprint density at radius 1 is 1.05 bits per heavy atom. The van der Waals surface area contributed by atoms with Gasteiger partial charge in [0, 0.05) is 0 Å². The summed E-state index contributed by atoms with van der Waals surface area (Å²) in [5, 5.41) is 0. The van der Waals surface area contributed by atoms with E-state index in [2.05, 4.69) is 37.3 Å². The maximum atomic E-state index is 5.35. The molecule has 0 radical (unpaired) electrons. The molecule has 0 bridgehead atoms. The Hall–Kier alpha value is -0.820. The van der Waals surface area contributed by atoms with Crippen LogP contribution in [0, 0.1) is 5.92 Å². The second kappa shape index (κ2) is 6.30. The van der Waals surface area contributed by atoms with Gasteiger partial charge in [-0.05, 0) is 42.6 Å². The number of epoxide rings is 1. The molecule has 1 heteroatoms. The summed E-state index contributed by atoms with van der Waals surface area (Å²) in [6, 6.07) is 11.2. The highest BCUT2D eigenvalue weighted by molar-refractivity contribution is 5.24. The van der Waals surface area contributed by atoms with Gasteiger partial charge in [-0.15, -0.1) is 0 Å². The van der Waals surface area contributed by atoms with Gasteiger partial charge in [0.05, 0.1) is 12.7 Å². The molecule has 0 aromatic heterocycles. The molecule has 0 N–H and O–H groups in total. The van der Waals surface area contributed by atoms with E-state index in [1.165, 1.54) is 56.9 Å². The minimum absolute atomic E-state index is 0.366. The van der Waals surface area contributed by atoms with Crippen LogP contribution < -0.4 is 0 Å². The second-order valence-electron chi connectivity index (χ2n) is 7.11. The lowest BCUT2D eigenvalue weighted by molar-refractivity contribution is 0.341. The monoisotopic (exact) mass is 272 g/mol. The van der Waals surface area contributed by atoms with Crippen LogP contribution in [0.2, 0.25) is 0 Å². The molecule has 1 saturated carbocycles. The molecule has 2 fully saturated rings. The van der Waals surface area contributed by atoms with Crippen LogP contribution in [0.5, 0.6) is 0 Å². The third kappa shape index (κ3) is 4.09. The molecule has 3 rings (SSSR count). The average molecular weight is 272 g/mol. The van der Waals surface area contributed by atoms with Gasteiger partial charge in [-0.2, -0.15) is 0 Å². The van der Waals surface area contributed by atoms with Crippen LogP contribution in [0.4, 0.5) is 0 Å². The van der Waals surface area contributed by atoms with E-state index in [4.69, 9.17) is 4.74 Å². The highest BCUT2D eigenvalue weighted by Gasteiger charge is 2.29. The van der Waals surface area contributed by atoms with Crippen LogP contribution in [0.1, 0.15) is 63.9 Å². The van der Waals surface area contributed by atoms with Crippen LogP contribution in [0.25, 0.3) is 0 Å². The van der Waals surface area contributed by atoms with E-state index in [1.54, 1.807) is 0 Å². The Balaban J connectivity index is 1.56. The number of rotatable bonds is 9. The van der Waals surface area contributed by atoms with Crippen LogP contribution >= 0.6 is 0 Å². The van der Waals surface area contributed by atoms with Crippen LogP contribution in [-0.2, 0) is 10.2 Å². The smallest absolute Gasteiger partial charge is 0.0810 e. The number of hydrogen-bond donors (Lipinski definition) is 0. The molecular weight excluding hydrogens is 244 g/mol. The van der Waals surface area contributed by atoms with Gasteiger partial charge >= 0.3 is 0 Å². The van der Waals surface area contributed by atoms with Gasteiger partial charge in [0.15, 0.2) is 0 Å². The van der Waals surface area contributed by atoms with Crippen molar-refractivity contribution in [2.75, 3.05) is 6.61 Å². The zero-order chi connectivity index (χ0) is 13.8. The van der Waals surface area contributed by atoms with Crippen molar-refractivity contribution >= 4 is 0 Å². The molecule has 20 heavy (non-hydrogen) atoms. The first-order valence-electron chi connectivity index (χ1n) is 8.43. The minimum Gasteiger partial charge on any atom is -0.373 e. The maximum Gasteiger partial charge on any atom is 0.0810 e. The maximum absolute atomic E-state index is 5.35. The van der Waals surface area contributed by atoms with E-state index < -0.39 is 0 Å². The van der Waals surface area contributed by atoms with E-state index in [0.717, 1.165) is 12.5 Å². The van der Waals surface area contributed by atoms with Gasteiger partial charge in [-0.1, -0.05) is 62.9 Å². The fraction of sp³-hybridized carbons (Fsp3) is 0.684. The Kier molecular flexibility index (Phi) is 4.45. The number of benzene rings is 1. The summed E-state index contributed by atoms with van der Waals surface area (Å²) in [6.07, 6.45) is 11.6. The van der Waals surface area contributed by atoms with Crippen molar-refractivity contribution in [3.8, 4) is 0 Å². The van der Waals surface area contributed by atoms with Gasteiger partial charge in [-0.3, -0.25) is 0 Å². The Labute approximate surface area is 123 Å². The van der Waals surface area contributed by atoms with Gasteiger partial charge in [0.25, 0.3) is 0 Å². The lowest BCUT2D eigenvalue weighted by Gasteiger charge is -2.30. The molecule has 2 aliphatic rings. The topological polar surface area (TPSA) is 12.5 Å². The van der Waals surface area contributed by atoms with Gasteiger partial charge in [-0.25, -0.2) is 0 Å². The molecule has 1 heterocycles. The Morgan fingerprint density at radius 2 is 1.70 bits per heavy atom. The van der Waals surface area contributed by atoms with Crippen molar-refractivity contribution < 1.29 is 4.74 Å². The van der Waals surface area contributed by atoms with Crippen molar-refractivity contribution in [3.05, 3.63) is 35.9 Å². The molecule has 1 saturated heterocycles. The highest BCUT2D eigenvalue weighted by Crippen LogP contribution is 2.39. The van der Waals surface area contributed by atoms with Crippen LogP contribution in [0.15, 0.2) is 30.3 Å². The number of ether oxygens (including phenoxy) is 1. The number of hydrogen-bond acceptors (Lipinski definition) is 1. The summed E-state index contributed by atoms with van der Waals surface area (Å²) in [7, 11) is 0. The molecule has 1 aliphatic heterocycles. The summed E-state index contributed by atoms with van der Waals surface area (Å²) in [5.41, 5.74) is 1.90. The average Bonchev–Trinajstić information content (AvgIpc) is 3.34. The minimum atomic E-state index is 0.366. The van der Waals surface area contributed by atoms with E-state index in [0.29, 0.717) is 11.5 Å². The zero-order valence-corrected chi connectivity index (χ0v) is 12.8. The summed E-state index contributed by atoms with van der Waals surface area (Å²) in [5.74, 6) is 1.06. The summed E-state index contributed by atoms with van der Waals surface area (Å²) >= 11 is 0. The third-order valence-electron chi connectivity index (χ3n) is 5.17. The molecule has 1 nitrogen and oxygen atoms in total. The normalized spacial score (nSPS) is 24.4. The largest absolute Gasteiger partial charge is 0.373 e. The lowest BCUT2D eigenvalue weighted by Crippen LogP contribution is -2.22. The standard InChI is InChI=1S/C19H28O/c1-19(13-5-7-16-11-12-16,14-6-10-18-15-20-18)17-8-3-2-4-9-17/h2-4,8-9,16,18H,5-7,10-15H2,1H3. The first kappa shape index (κ1) is 14.1. The second-order valence-corrected chi connectivity index (χ2v) is 7.11. The molecule has 2 atom stereocenters. The summed E-state index contributed by atoms with van der Waals surface area (Å²) in [6.45, 7) is 3.48. The molecule has 1 aromatic carbocycles. The molecule has 1 aliphatic carbocycles. The molecule has 1 aromatic rings. The predicted molar refractivity (Wildman–Crippen MR) is 84.0 cm³/mol. The molecule has 0 spiro atoms. The van der Waals surface area contributed by atoms with E-state index in [-0.39, 0.29) is 0 Å². The fourth-order valence-electron chi connectivity index (χ4n) is 3.40. The van der Waals surface area contributed by atoms with Crippen molar-refractivity contribution in [1.29, 1.82) is 0 Å². The summed E-state index contributed by atoms with van der Waals surface area (Å²) in [4.78, 5) is 0. The first-order valence-corrected chi connectivity index (χ1v) is 8.43. The SMILES string of the molecule is CC(CCCC1CC1)(CCCC1CO1)c1ccccc1. The van der Waals surface area contributed by atoms with Crippen molar-refractivity contribution in [2.45, 2.75) is 69.8 Å². The predicted octanol–water partition coefficient (Wildman–Crippen LogP) is 5.09. The molecular formula is C19H28O. The van der Waals surface area contributed by atoms with Gasteiger partial charge in [0.2, 0.25) is 0 Å². The lowest BCUT2D eigenvalue weighted by atomic mass is 9.74. The van der Waals surface area contributed by atoms with Crippen molar-refractivity contribution in [2.24, 2.45) is 5.92 Å². The molecule has 0 amide bonds. The van der Waals surface area contributed by atoms with Crippen molar-refractivity contribution in [3.63, 3.8) is 0 Å². The Bertz CT molecular complexity index is 385. The van der Waals surface area contributed by atoms with E-state index >= 15 is 0 Å². The van der Waals surface area contributed by atoms with Gasteiger partial charge in [0.1, 0.15) is 0 Å². The van der Waals surface area contributed by atoms with E-state index in [9.17, 15) is 0 Å². The van der Waals surface area contributed by atoms with E-state index in [1.807, 2.05) is 0 Å². The fourth-order valence-corrected chi connectivity index (χ4v) is 3.40. The van der Waals surface area contributed by atoms with Gasteiger partial charge < -0.3 is 4.74 Å². The van der Waals surface area contributed by atoms with Crippen LogP contribution in [0.3, 0.4) is 0 Å². The quantitative estimate of drug-likeness (QED) is 0.570. The van der Waals surface area contributed by atoms with Crippen LogP contribution in [-0.4, -0.2) is 12.7 Å². The summed E-state index contributed by atoms with van der Waals surface area (Å²) < 4.78 is 5.35. The molecule has 110 valence electrons. The zero-order valence-electron chi connectivity index (χ0n) is 12.8. The highest BCUT2D eigenvalue weighted by atomic mass is 16.6.